The van der Waals surface area contributed by atoms with Crippen molar-refractivity contribution in [3.63, 3.8) is 0 Å². The van der Waals surface area contributed by atoms with Crippen molar-refractivity contribution in [2.45, 2.75) is 20.8 Å². The van der Waals surface area contributed by atoms with Crippen LogP contribution in [0.4, 0.5) is 0 Å². The molecule has 0 atom stereocenters. The fourth-order valence-corrected chi connectivity index (χ4v) is 1.01. The highest BCUT2D eigenvalue weighted by atomic mass is 16.5. The third-order valence-electron chi connectivity index (χ3n) is 1.54. The van der Waals surface area contributed by atoms with E-state index in [1.807, 2.05) is 6.92 Å². The van der Waals surface area contributed by atoms with Crippen molar-refractivity contribution in [3.05, 3.63) is 23.1 Å². The number of rotatable bonds is 1. The van der Waals surface area contributed by atoms with Crippen LogP contribution in [0, 0.1) is 0 Å². The van der Waals surface area contributed by atoms with Crippen LogP contribution < -0.4 is 5.32 Å². The summed E-state index contributed by atoms with van der Waals surface area (Å²) in [6.07, 6.45) is 2.06. The van der Waals surface area contributed by atoms with E-state index < -0.39 is 0 Å². The molecule has 0 fully saturated rings. The van der Waals surface area contributed by atoms with Crippen molar-refractivity contribution in [3.8, 4) is 0 Å². The van der Waals surface area contributed by atoms with E-state index in [1.165, 1.54) is 5.57 Å². The van der Waals surface area contributed by atoms with E-state index in [4.69, 9.17) is 4.74 Å². The number of nitrogens with one attached hydrogen (secondary N) is 1. The molecule has 0 aliphatic carbocycles. The molecule has 1 aliphatic heterocycles. The summed E-state index contributed by atoms with van der Waals surface area (Å²) in [5, 5.41) is 3.25. The summed E-state index contributed by atoms with van der Waals surface area (Å²) in [5.74, 6) is 0.983. The zero-order chi connectivity index (χ0) is 8.27. The average Bonchev–Trinajstić information content (AvgIpc) is 1.93. The van der Waals surface area contributed by atoms with Gasteiger partial charge in [0, 0.05) is 6.54 Å². The topological polar surface area (TPSA) is 21.3 Å². The van der Waals surface area contributed by atoms with Gasteiger partial charge in [-0.15, -0.1) is 0 Å². The molecule has 0 unspecified atom stereocenters. The minimum absolute atomic E-state index is 0.774. The summed E-state index contributed by atoms with van der Waals surface area (Å²) in [6, 6.07) is 0. The van der Waals surface area contributed by atoms with E-state index in [-0.39, 0.29) is 0 Å². The summed E-state index contributed by atoms with van der Waals surface area (Å²) < 4.78 is 5.44. The fourth-order valence-electron chi connectivity index (χ4n) is 1.01. The molecule has 11 heavy (non-hydrogen) atoms. The third-order valence-corrected chi connectivity index (χ3v) is 1.54. The number of hydrogen-bond donors (Lipinski definition) is 1. The van der Waals surface area contributed by atoms with Crippen molar-refractivity contribution in [2.24, 2.45) is 0 Å². The lowest BCUT2D eigenvalue weighted by Gasteiger charge is -2.18. The highest BCUT2D eigenvalue weighted by molar-refractivity contribution is 5.21. The molecule has 62 valence electrons. The van der Waals surface area contributed by atoms with Gasteiger partial charge in [-0.3, -0.25) is 0 Å². The van der Waals surface area contributed by atoms with Gasteiger partial charge in [-0.25, -0.2) is 0 Å². The van der Waals surface area contributed by atoms with Crippen molar-refractivity contribution < 1.29 is 4.74 Å². The van der Waals surface area contributed by atoms with E-state index in [2.05, 4.69) is 25.2 Å². The van der Waals surface area contributed by atoms with E-state index in [1.54, 1.807) is 0 Å². The van der Waals surface area contributed by atoms with Crippen LogP contribution in [0.25, 0.3) is 0 Å². The van der Waals surface area contributed by atoms with Crippen LogP contribution in [0.1, 0.15) is 20.8 Å². The molecule has 1 N–H and O–H groups in total. The zero-order valence-electron chi connectivity index (χ0n) is 7.40. The second-order valence-corrected chi connectivity index (χ2v) is 2.99. The SMILES string of the molecule is CC(C)=CC1=C(C)NCCO1. The summed E-state index contributed by atoms with van der Waals surface area (Å²) in [6.45, 7) is 7.87. The molecular weight excluding hydrogens is 138 g/mol. The average molecular weight is 153 g/mol. The molecule has 0 spiro atoms. The largest absolute Gasteiger partial charge is 0.490 e. The predicted octanol–water partition coefficient (Wildman–Crippen LogP) is 1.80. The third kappa shape index (κ3) is 2.30. The van der Waals surface area contributed by atoms with E-state index in [9.17, 15) is 0 Å². The highest BCUT2D eigenvalue weighted by Crippen LogP contribution is 2.10. The van der Waals surface area contributed by atoms with Crippen molar-refractivity contribution in [1.82, 2.24) is 5.32 Å². The minimum Gasteiger partial charge on any atom is -0.490 e. The lowest BCUT2D eigenvalue weighted by atomic mass is 10.2. The number of allylic oxidation sites excluding steroid dienone is 3. The van der Waals surface area contributed by atoms with Gasteiger partial charge in [-0.1, -0.05) is 5.57 Å². The molecule has 1 aliphatic rings. The molecule has 2 nitrogen and oxygen atoms in total. The second kappa shape index (κ2) is 3.46. The Labute approximate surface area is 67.9 Å². The molecule has 0 aromatic carbocycles. The Morgan fingerprint density at radius 1 is 1.55 bits per heavy atom. The van der Waals surface area contributed by atoms with E-state index >= 15 is 0 Å². The van der Waals surface area contributed by atoms with Crippen LogP contribution in [0.3, 0.4) is 0 Å². The molecule has 0 amide bonds. The highest BCUT2D eigenvalue weighted by Gasteiger charge is 2.05. The van der Waals surface area contributed by atoms with Crippen molar-refractivity contribution in [2.75, 3.05) is 13.2 Å². The monoisotopic (exact) mass is 153 g/mol. The fraction of sp³-hybridized carbons (Fsp3) is 0.556. The van der Waals surface area contributed by atoms with Gasteiger partial charge in [0.25, 0.3) is 0 Å². The van der Waals surface area contributed by atoms with E-state index in [0.29, 0.717) is 0 Å². The maximum atomic E-state index is 5.44. The first kappa shape index (κ1) is 8.18. The van der Waals surface area contributed by atoms with Gasteiger partial charge in [0.2, 0.25) is 0 Å². The summed E-state index contributed by atoms with van der Waals surface area (Å²) in [4.78, 5) is 0. The van der Waals surface area contributed by atoms with Crippen LogP contribution in [-0.4, -0.2) is 13.2 Å². The predicted molar refractivity (Wildman–Crippen MR) is 46.1 cm³/mol. The van der Waals surface area contributed by atoms with Gasteiger partial charge in [0.1, 0.15) is 12.4 Å². The molecule has 0 aromatic heterocycles. The number of hydrogen-bond acceptors (Lipinski definition) is 2. The lowest BCUT2D eigenvalue weighted by Crippen LogP contribution is -2.24. The first-order valence-electron chi connectivity index (χ1n) is 3.92. The van der Waals surface area contributed by atoms with Gasteiger partial charge < -0.3 is 10.1 Å². The molecule has 0 bridgehead atoms. The molecule has 2 heteroatoms. The molecule has 0 saturated heterocycles. The second-order valence-electron chi connectivity index (χ2n) is 2.99. The molecule has 1 rings (SSSR count). The van der Waals surface area contributed by atoms with Gasteiger partial charge in [0.15, 0.2) is 0 Å². The van der Waals surface area contributed by atoms with Gasteiger partial charge in [-0.2, -0.15) is 0 Å². The summed E-state index contributed by atoms with van der Waals surface area (Å²) in [7, 11) is 0. The number of ether oxygens (including phenoxy) is 1. The van der Waals surface area contributed by atoms with Crippen LogP contribution in [0.5, 0.6) is 0 Å². The van der Waals surface area contributed by atoms with Crippen LogP contribution in [0.2, 0.25) is 0 Å². The lowest BCUT2D eigenvalue weighted by molar-refractivity contribution is 0.203. The Bertz CT molecular complexity index is 200. The van der Waals surface area contributed by atoms with Gasteiger partial charge >= 0.3 is 0 Å². The van der Waals surface area contributed by atoms with Gasteiger partial charge in [0.05, 0.1) is 5.70 Å². The van der Waals surface area contributed by atoms with Crippen molar-refractivity contribution >= 4 is 0 Å². The molecular formula is C9H15NO. The smallest absolute Gasteiger partial charge is 0.137 e. The minimum atomic E-state index is 0.774. The normalized spacial score (nSPS) is 17.0. The Kier molecular flexibility index (Phi) is 2.58. The van der Waals surface area contributed by atoms with Crippen LogP contribution in [-0.2, 0) is 4.74 Å². The van der Waals surface area contributed by atoms with E-state index in [0.717, 1.165) is 24.6 Å². The van der Waals surface area contributed by atoms with Crippen molar-refractivity contribution in [1.29, 1.82) is 0 Å². The summed E-state index contributed by atoms with van der Waals surface area (Å²) >= 11 is 0. The Morgan fingerprint density at radius 2 is 2.27 bits per heavy atom. The maximum Gasteiger partial charge on any atom is 0.137 e. The van der Waals surface area contributed by atoms with Crippen LogP contribution in [0.15, 0.2) is 23.1 Å². The van der Waals surface area contributed by atoms with Gasteiger partial charge in [-0.05, 0) is 26.8 Å². The molecule has 0 aromatic rings. The van der Waals surface area contributed by atoms with Crippen LogP contribution >= 0.6 is 0 Å². The molecule has 0 radical (unpaired) electrons. The standard InChI is InChI=1S/C9H15NO/c1-7(2)6-9-8(3)10-4-5-11-9/h6,10H,4-5H2,1-3H3. The maximum absolute atomic E-state index is 5.44. The Balaban J connectivity index is 2.75. The quantitative estimate of drug-likeness (QED) is 0.620. The zero-order valence-corrected chi connectivity index (χ0v) is 7.40. The summed E-state index contributed by atoms with van der Waals surface area (Å²) in [5.41, 5.74) is 2.40. The first-order valence-corrected chi connectivity index (χ1v) is 3.92. The molecule has 0 saturated carbocycles. The Hall–Kier alpha value is -0.920. The first-order chi connectivity index (χ1) is 5.20. The molecule has 1 heterocycles. The Morgan fingerprint density at radius 3 is 2.82 bits per heavy atom.